The van der Waals surface area contributed by atoms with Gasteiger partial charge in [-0.15, -0.1) is 0 Å². The second-order valence-electron chi connectivity index (χ2n) is 11.0. The standard InChI is InChI=1S/C24H40FNO4Si/c1-23(2,3)30-22(28)26-14-9-10-20(26)21(27)19-12-11-18(25)16-17(19)13-15-29-31(7,8)24(4,5)6/h11-12,16,20-21,27H,9-10,13-15H2,1-8H3/t20-,21?/m1/s1. The number of carbonyl (C=O) groups is 1. The molecule has 0 bridgehead atoms. The van der Waals surface area contributed by atoms with Gasteiger partial charge in [0.1, 0.15) is 11.4 Å². The van der Waals surface area contributed by atoms with Gasteiger partial charge in [0.25, 0.3) is 0 Å². The molecule has 1 aromatic carbocycles. The van der Waals surface area contributed by atoms with Gasteiger partial charge in [0.2, 0.25) is 0 Å². The molecule has 1 N–H and O–H groups in total. The Morgan fingerprint density at radius 2 is 1.90 bits per heavy atom. The Balaban J connectivity index is 2.17. The van der Waals surface area contributed by atoms with E-state index in [1.54, 1.807) is 11.0 Å². The molecule has 2 rings (SSSR count). The Bertz CT molecular complexity index is 770. The van der Waals surface area contributed by atoms with Gasteiger partial charge in [-0.3, -0.25) is 0 Å². The number of likely N-dealkylation sites (tertiary alicyclic amines) is 1. The second-order valence-corrected chi connectivity index (χ2v) is 15.8. The minimum atomic E-state index is -1.92. The molecule has 1 fully saturated rings. The quantitative estimate of drug-likeness (QED) is 0.551. The number of benzene rings is 1. The van der Waals surface area contributed by atoms with E-state index in [0.29, 0.717) is 31.6 Å². The van der Waals surface area contributed by atoms with E-state index in [-0.39, 0.29) is 16.9 Å². The number of rotatable bonds is 6. The lowest BCUT2D eigenvalue weighted by atomic mass is 9.94. The van der Waals surface area contributed by atoms with Gasteiger partial charge in [0.15, 0.2) is 8.32 Å². The molecule has 1 saturated heterocycles. The molecule has 0 radical (unpaired) electrons. The lowest BCUT2D eigenvalue weighted by Crippen LogP contribution is -2.42. The highest BCUT2D eigenvalue weighted by Gasteiger charge is 2.39. The zero-order chi connectivity index (χ0) is 23.6. The second kappa shape index (κ2) is 9.59. The number of amides is 1. The lowest BCUT2D eigenvalue weighted by molar-refractivity contribution is 0.00471. The van der Waals surface area contributed by atoms with Gasteiger partial charge in [0, 0.05) is 13.2 Å². The van der Waals surface area contributed by atoms with Crippen LogP contribution in [-0.4, -0.2) is 49.2 Å². The largest absolute Gasteiger partial charge is 0.444 e. The number of aliphatic hydroxyl groups excluding tert-OH is 1. The first kappa shape index (κ1) is 25.8. The van der Waals surface area contributed by atoms with Crippen molar-refractivity contribution >= 4 is 14.4 Å². The van der Waals surface area contributed by atoms with Crippen LogP contribution in [0.15, 0.2) is 18.2 Å². The number of nitrogens with zero attached hydrogens (tertiary/aromatic N) is 1. The maximum atomic E-state index is 14.0. The maximum Gasteiger partial charge on any atom is 0.410 e. The molecule has 2 atom stereocenters. The van der Waals surface area contributed by atoms with Crippen molar-refractivity contribution in [2.45, 2.75) is 96.7 Å². The molecule has 1 amide bonds. The van der Waals surface area contributed by atoms with E-state index in [9.17, 15) is 14.3 Å². The zero-order valence-electron chi connectivity index (χ0n) is 20.4. The van der Waals surface area contributed by atoms with E-state index in [2.05, 4.69) is 33.9 Å². The summed E-state index contributed by atoms with van der Waals surface area (Å²) < 4.78 is 25.8. The Hall–Kier alpha value is -1.44. The fraction of sp³-hybridized carbons (Fsp3) is 0.708. The van der Waals surface area contributed by atoms with Gasteiger partial charge >= 0.3 is 6.09 Å². The van der Waals surface area contributed by atoms with E-state index >= 15 is 0 Å². The highest BCUT2D eigenvalue weighted by atomic mass is 28.4. The van der Waals surface area contributed by atoms with Crippen LogP contribution in [0.1, 0.15) is 71.6 Å². The summed E-state index contributed by atoms with van der Waals surface area (Å²) in [4.78, 5) is 14.2. The molecule has 176 valence electrons. The van der Waals surface area contributed by atoms with Crippen molar-refractivity contribution in [3.05, 3.63) is 35.1 Å². The monoisotopic (exact) mass is 453 g/mol. The summed E-state index contributed by atoms with van der Waals surface area (Å²) in [5.74, 6) is -0.339. The lowest BCUT2D eigenvalue weighted by Gasteiger charge is -2.36. The predicted octanol–water partition coefficient (Wildman–Crippen LogP) is 5.82. The van der Waals surface area contributed by atoms with Gasteiger partial charge in [-0.2, -0.15) is 0 Å². The topological polar surface area (TPSA) is 59.0 Å². The molecule has 1 aliphatic heterocycles. The fourth-order valence-electron chi connectivity index (χ4n) is 3.59. The average molecular weight is 454 g/mol. The Kier molecular flexibility index (Phi) is 7.98. The van der Waals surface area contributed by atoms with Crippen molar-refractivity contribution in [3.63, 3.8) is 0 Å². The first-order valence-corrected chi connectivity index (χ1v) is 14.1. The molecule has 1 aromatic rings. The first-order chi connectivity index (χ1) is 14.1. The van der Waals surface area contributed by atoms with Gasteiger partial charge in [-0.25, -0.2) is 9.18 Å². The van der Waals surface area contributed by atoms with Gasteiger partial charge in [0.05, 0.1) is 12.1 Å². The molecular weight excluding hydrogens is 413 g/mol. The molecule has 0 saturated carbocycles. The van der Waals surface area contributed by atoms with Crippen LogP contribution >= 0.6 is 0 Å². The van der Waals surface area contributed by atoms with Gasteiger partial charge < -0.3 is 19.2 Å². The SMILES string of the molecule is CC(C)(C)OC(=O)N1CCC[C@@H]1C(O)c1ccc(F)cc1CCO[Si](C)(C)C(C)(C)C. The number of hydrogen-bond acceptors (Lipinski definition) is 4. The van der Waals surface area contributed by atoms with Gasteiger partial charge in [-0.05, 0) is 81.4 Å². The normalized spacial score (nSPS) is 18.9. The summed E-state index contributed by atoms with van der Waals surface area (Å²) in [5, 5.41) is 11.3. The van der Waals surface area contributed by atoms with E-state index in [1.807, 2.05) is 20.8 Å². The Morgan fingerprint density at radius 3 is 2.48 bits per heavy atom. The van der Waals surface area contributed by atoms with Crippen molar-refractivity contribution in [2.75, 3.05) is 13.2 Å². The van der Waals surface area contributed by atoms with Crippen LogP contribution in [0.5, 0.6) is 0 Å². The molecule has 7 heteroatoms. The summed E-state index contributed by atoms with van der Waals surface area (Å²) in [6, 6.07) is 4.08. The molecule has 31 heavy (non-hydrogen) atoms. The van der Waals surface area contributed by atoms with Crippen LogP contribution in [-0.2, 0) is 15.6 Å². The number of carbonyl (C=O) groups excluding carboxylic acids is 1. The predicted molar refractivity (Wildman–Crippen MR) is 124 cm³/mol. The molecule has 1 aliphatic rings. The summed E-state index contributed by atoms with van der Waals surface area (Å²) in [7, 11) is -1.92. The molecule has 0 aromatic heterocycles. The number of aliphatic hydroxyl groups is 1. The average Bonchev–Trinajstić information content (AvgIpc) is 3.08. The van der Waals surface area contributed by atoms with Crippen molar-refractivity contribution < 1.29 is 23.5 Å². The summed E-state index contributed by atoms with van der Waals surface area (Å²) in [5.41, 5.74) is 0.778. The number of ether oxygens (including phenoxy) is 1. The molecule has 5 nitrogen and oxygen atoms in total. The van der Waals surface area contributed by atoms with Crippen LogP contribution in [0.2, 0.25) is 18.1 Å². The Labute approximate surface area is 188 Å². The number of halogens is 1. The zero-order valence-corrected chi connectivity index (χ0v) is 21.4. The Morgan fingerprint density at radius 1 is 1.26 bits per heavy atom. The van der Waals surface area contributed by atoms with E-state index < -0.39 is 26.1 Å². The van der Waals surface area contributed by atoms with E-state index in [1.165, 1.54) is 12.1 Å². The first-order valence-electron chi connectivity index (χ1n) is 11.2. The highest BCUT2D eigenvalue weighted by Crippen LogP contribution is 2.37. The third-order valence-electron chi connectivity index (χ3n) is 6.36. The smallest absolute Gasteiger partial charge is 0.410 e. The van der Waals surface area contributed by atoms with Crippen LogP contribution in [0.25, 0.3) is 0 Å². The number of hydrogen-bond donors (Lipinski definition) is 1. The fourth-order valence-corrected chi connectivity index (χ4v) is 4.63. The molecule has 0 aliphatic carbocycles. The molecule has 1 unspecified atom stereocenters. The highest BCUT2D eigenvalue weighted by molar-refractivity contribution is 6.74. The summed E-state index contributed by atoms with van der Waals surface area (Å²) >= 11 is 0. The molecule has 0 spiro atoms. The van der Waals surface area contributed by atoms with Crippen molar-refractivity contribution in [1.29, 1.82) is 0 Å². The third-order valence-corrected chi connectivity index (χ3v) is 10.9. The molecular formula is C24H40FNO4Si. The van der Waals surface area contributed by atoms with Crippen molar-refractivity contribution in [1.82, 2.24) is 4.90 Å². The van der Waals surface area contributed by atoms with Crippen LogP contribution in [0.4, 0.5) is 9.18 Å². The molecule has 1 heterocycles. The van der Waals surface area contributed by atoms with Crippen LogP contribution in [0.3, 0.4) is 0 Å². The third kappa shape index (κ3) is 6.77. The summed E-state index contributed by atoms with van der Waals surface area (Å²) in [6.45, 7) is 17.4. The minimum Gasteiger partial charge on any atom is -0.444 e. The minimum absolute atomic E-state index is 0.0923. The van der Waals surface area contributed by atoms with E-state index in [4.69, 9.17) is 9.16 Å². The maximum absolute atomic E-state index is 14.0. The van der Waals surface area contributed by atoms with E-state index in [0.717, 1.165) is 12.0 Å². The van der Waals surface area contributed by atoms with Gasteiger partial charge in [-0.1, -0.05) is 26.8 Å². The summed E-state index contributed by atoms with van der Waals surface area (Å²) in [6.07, 6.45) is 0.664. The van der Waals surface area contributed by atoms with Crippen LogP contribution in [0, 0.1) is 5.82 Å². The van der Waals surface area contributed by atoms with Crippen LogP contribution < -0.4 is 0 Å². The van der Waals surface area contributed by atoms with Crippen molar-refractivity contribution in [3.8, 4) is 0 Å². The van der Waals surface area contributed by atoms with Crippen molar-refractivity contribution in [2.24, 2.45) is 0 Å².